The molecule has 0 aliphatic rings. The maximum atomic E-state index is 12.6. The average Bonchev–Trinajstić information content (AvgIpc) is 3.17. The number of amides is 2. The number of hydrogen-bond donors (Lipinski definition) is 2. The molecule has 3 aromatic rings. The zero-order chi connectivity index (χ0) is 23.3. The Bertz CT molecular complexity index is 1110. The van der Waals surface area contributed by atoms with Crippen molar-refractivity contribution >= 4 is 17.5 Å². The molecule has 168 valence electrons. The van der Waals surface area contributed by atoms with E-state index in [1.54, 1.807) is 43.4 Å². The van der Waals surface area contributed by atoms with Gasteiger partial charge in [0.15, 0.2) is 6.61 Å². The predicted molar refractivity (Wildman–Crippen MR) is 107 cm³/mol. The molecule has 0 radical (unpaired) electrons. The van der Waals surface area contributed by atoms with Crippen LogP contribution in [0.15, 0.2) is 47.0 Å². The molecule has 3 rings (SSSR count). The highest BCUT2D eigenvalue weighted by Gasteiger charge is 2.28. The van der Waals surface area contributed by atoms with E-state index in [0.29, 0.717) is 34.3 Å². The highest BCUT2D eigenvalue weighted by atomic mass is 19.4. The summed E-state index contributed by atoms with van der Waals surface area (Å²) in [7, 11) is 0. The maximum absolute atomic E-state index is 12.6. The minimum absolute atomic E-state index is 0.00407. The van der Waals surface area contributed by atoms with Crippen molar-refractivity contribution in [3.63, 3.8) is 0 Å². The smallest absolute Gasteiger partial charge is 0.405 e. The summed E-state index contributed by atoms with van der Waals surface area (Å²) in [6, 6.07) is 10.5. The van der Waals surface area contributed by atoms with Crippen molar-refractivity contribution in [2.45, 2.75) is 26.6 Å². The van der Waals surface area contributed by atoms with Gasteiger partial charge in [0.25, 0.3) is 11.8 Å². The lowest BCUT2D eigenvalue weighted by atomic mass is 10.1. The van der Waals surface area contributed by atoms with E-state index in [1.807, 2.05) is 0 Å². The highest BCUT2D eigenvalue weighted by Crippen LogP contribution is 2.20. The van der Waals surface area contributed by atoms with Crippen LogP contribution < -0.4 is 15.4 Å². The van der Waals surface area contributed by atoms with Gasteiger partial charge in [-0.3, -0.25) is 9.59 Å². The number of anilines is 1. The van der Waals surface area contributed by atoms with Crippen LogP contribution in [0.4, 0.5) is 18.9 Å². The molecule has 0 aliphatic carbocycles. The number of aromatic nitrogens is 2. The van der Waals surface area contributed by atoms with Gasteiger partial charge in [0, 0.05) is 23.7 Å². The number of rotatable bonds is 7. The Morgan fingerprint density at radius 1 is 1.03 bits per heavy atom. The van der Waals surface area contributed by atoms with Gasteiger partial charge in [-0.25, -0.2) is 0 Å². The molecule has 0 bridgehead atoms. The monoisotopic (exact) mass is 448 g/mol. The van der Waals surface area contributed by atoms with Gasteiger partial charge in [0.2, 0.25) is 11.7 Å². The summed E-state index contributed by atoms with van der Waals surface area (Å²) in [5.41, 5.74) is 1.26. The van der Waals surface area contributed by atoms with Crippen molar-refractivity contribution in [3.8, 4) is 5.75 Å². The number of halogens is 3. The molecule has 0 fully saturated rings. The number of aryl methyl sites for hydroxylation is 2. The number of alkyl halides is 3. The van der Waals surface area contributed by atoms with Crippen molar-refractivity contribution in [2.75, 3.05) is 11.9 Å². The van der Waals surface area contributed by atoms with E-state index in [1.165, 1.54) is 18.2 Å². The van der Waals surface area contributed by atoms with Gasteiger partial charge in [-0.1, -0.05) is 11.2 Å². The number of nitrogens with one attached hydrogen (secondary N) is 2. The van der Waals surface area contributed by atoms with Crippen molar-refractivity contribution in [1.29, 1.82) is 0 Å². The number of carbonyl (C=O) groups excluding carboxylic acids is 2. The van der Waals surface area contributed by atoms with Crippen LogP contribution in [0.1, 0.15) is 38.0 Å². The molecule has 2 aromatic carbocycles. The van der Waals surface area contributed by atoms with Crippen LogP contribution in [-0.4, -0.2) is 34.7 Å². The fourth-order valence-electron chi connectivity index (χ4n) is 2.63. The Balaban J connectivity index is 1.62. The fraction of sp³-hybridized carbons (Fsp3) is 0.238. The second-order valence-corrected chi connectivity index (χ2v) is 6.82. The van der Waals surface area contributed by atoms with Gasteiger partial charge >= 0.3 is 6.18 Å². The maximum Gasteiger partial charge on any atom is 0.405 e. The van der Waals surface area contributed by atoms with E-state index < -0.39 is 24.5 Å². The van der Waals surface area contributed by atoms with E-state index in [2.05, 4.69) is 15.5 Å². The van der Waals surface area contributed by atoms with E-state index >= 15 is 0 Å². The van der Waals surface area contributed by atoms with Crippen molar-refractivity contribution in [3.05, 3.63) is 70.9 Å². The fourth-order valence-corrected chi connectivity index (χ4v) is 2.63. The van der Waals surface area contributed by atoms with E-state index in [0.717, 1.165) is 0 Å². The molecule has 0 unspecified atom stereocenters. The third-order valence-electron chi connectivity index (χ3n) is 4.25. The standard InChI is InChI=1S/C21H19F3N4O4/c1-12-3-4-15(19(29)25-11-21(22,23)24)9-17(12)27-20(30)14-5-7-16(8-6-14)31-10-18-26-13(2)32-28-18/h3-9H,10-11H2,1-2H3,(H,25,29)(H,27,30). The highest BCUT2D eigenvalue weighted by molar-refractivity contribution is 6.05. The van der Waals surface area contributed by atoms with Crippen LogP contribution in [0.5, 0.6) is 5.75 Å². The molecule has 1 aromatic heterocycles. The van der Waals surface area contributed by atoms with Crippen molar-refractivity contribution in [2.24, 2.45) is 0 Å². The summed E-state index contributed by atoms with van der Waals surface area (Å²) in [4.78, 5) is 28.5. The van der Waals surface area contributed by atoms with Gasteiger partial charge in [-0.2, -0.15) is 18.2 Å². The first-order chi connectivity index (χ1) is 15.1. The summed E-state index contributed by atoms with van der Waals surface area (Å²) >= 11 is 0. The van der Waals surface area contributed by atoms with Gasteiger partial charge in [-0.15, -0.1) is 0 Å². The lowest BCUT2D eigenvalue weighted by Crippen LogP contribution is -2.33. The molecule has 1 heterocycles. The summed E-state index contributed by atoms with van der Waals surface area (Å²) in [6.07, 6.45) is -4.52. The Morgan fingerprint density at radius 2 is 1.72 bits per heavy atom. The second kappa shape index (κ2) is 9.50. The Morgan fingerprint density at radius 3 is 2.34 bits per heavy atom. The molecular weight excluding hydrogens is 429 g/mol. The first-order valence-corrected chi connectivity index (χ1v) is 9.40. The molecule has 0 spiro atoms. The summed E-state index contributed by atoms with van der Waals surface area (Å²) in [5, 5.41) is 8.17. The molecule has 2 amide bonds. The number of ether oxygens (including phenoxy) is 1. The average molecular weight is 448 g/mol. The molecule has 0 saturated carbocycles. The van der Waals surface area contributed by atoms with Gasteiger partial charge in [0.05, 0.1) is 0 Å². The zero-order valence-electron chi connectivity index (χ0n) is 17.1. The van der Waals surface area contributed by atoms with E-state index in [-0.39, 0.29) is 12.2 Å². The third kappa shape index (κ3) is 6.30. The second-order valence-electron chi connectivity index (χ2n) is 6.82. The number of nitrogens with zero attached hydrogens (tertiary/aromatic N) is 2. The molecule has 11 heteroatoms. The molecule has 0 saturated heterocycles. The van der Waals surface area contributed by atoms with Crippen LogP contribution in [-0.2, 0) is 6.61 Å². The molecule has 0 aliphatic heterocycles. The number of carbonyl (C=O) groups is 2. The normalized spacial score (nSPS) is 11.2. The Labute approximate surface area is 180 Å². The van der Waals surface area contributed by atoms with Crippen molar-refractivity contribution in [1.82, 2.24) is 15.5 Å². The minimum Gasteiger partial charge on any atom is -0.485 e. The lowest BCUT2D eigenvalue weighted by molar-refractivity contribution is -0.123. The molecule has 32 heavy (non-hydrogen) atoms. The summed E-state index contributed by atoms with van der Waals surface area (Å²) in [6.45, 7) is 2.02. The van der Waals surface area contributed by atoms with Crippen LogP contribution in [0.25, 0.3) is 0 Å². The molecule has 0 atom stereocenters. The zero-order valence-corrected chi connectivity index (χ0v) is 17.1. The van der Waals surface area contributed by atoms with Gasteiger partial charge in [-0.05, 0) is 48.9 Å². The third-order valence-corrected chi connectivity index (χ3v) is 4.25. The first kappa shape index (κ1) is 22.8. The predicted octanol–water partition coefficient (Wildman–Crippen LogP) is 3.81. The topological polar surface area (TPSA) is 106 Å². The van der Waals surface area contributed by atoms with E-state index in [9.17, 15) is 22.8 Å². The summed E-state index contributed by atoms with van der Waals surface area (Å²) in [5.74, 6) is -0.0484. The first-order valence-electron chi connectivity index (χ1n) is 9.40. The molecule has 8 nitrogen and oxygen atoms in total. The number of benzene rings is 2. The van der Waals surface area contributed by atoms with Gasteiger partial charge in [0.1, 0.15) is 12.3 Å². The van der Waals surface area contributed by atoms with Crippen LogP contribution in [0.2, 0.25) is 0 Å². The van der Waals surface area contributed by atoms with Crippen molar-refractivity contribution < 1.29 is 32.0 Å². The Kier molecular flexibility index (Phi) is 6.76. The van der Waals surface area contributed by atoms with Crippen LogP contribution in [0, 0.1) is 13.8 Å². The van der Waals surface area contributed by atoms with Gasteiger partial charge < -0.3 is 19.9 Å². The molecule has 2 N–H and O–H groups in total. The Hall–Kier alpha value is -3.89. The largest absolute Gasteiger partial charge is 0.485 e. The minimum atomic E-state index is -4.52. The lowest BCUT2D eigenvalue weighted by Gasteiger charge is -2.12. The quantitative estimate of drug-likeness (QED) is 0.569. The molecular formula is C21H19F3N4O4. The summed E-state index contributed by atoms with van der Waals surface area (Å²) < 4.78 is 47.3. The van der Waals surface area contributed by atoms with Crippen LogP contribution >= 0.6 is 0 Å². The SMILES string of the molecule is Cc1nc(COc2ccc(C(=O)Nc3cc(C(=O)NCC(F)(F)F)ccc3C)cc2)no1. The number of hydrogen-bond acceptors (Lipinski definition) is 6. The van der Waals surface area contributed by atoms with Crippen LogP contribution in [0.3, 0.4) is 0 Å². The van der Waals surface area contributed by atoms with E-state index in [4.69, 9.17) is 9.26 Å².